The number of anilines is 3. The van der Waals surface area contributed by atoms with Crippen LogP contribution in [0.3, 0.4) is 0 Å². The van der Waals surface area contributed by atoms with Crippen LogP contribution in [0.15, 0.2) is 60.8 Å². The molecule has 2 aliphatic rings. The number of hydrogen-bond acceptors (Lipinski definition) is 4. The summed E-state index contributed by atoms with van der Waals surface area (Å²) in [4.78, 5) is 33.7. The fourth-order valence-corrected chi connectivity index (χ4v) is 4.54. The minimum absolute atomic E-state index is 0.173. The smallest absolute Gasteiger partial charge is 0.282 e. The van der Waals surface area contributed by atoms with Gasteiger partial charge in [-0.2, -0.15) is 0 Å². The van der Waals surface area contributed by atoms with Gasteiger partial charge in [-0.05, 0) is 37.3 Å². The van der Waals surface area contributed by atoms with Crippen LogP contribution in [0.2, 0.25) is 0 Å². The molecule has 6 nitrogen and oxygen atoms in total. The van der Waals surface area contributed by atoms with Crippen molar-refractivity contribution in [3.05, 3.63) is 72.1 Å². The van der Waals surface area contributed by atoms with Gasteiger partial charge in [-0.25, -0.2) is 17.6 Å². The molecule has 2 amide bonds. The Morgan fingerprint density at radius 1 is 1.11 bits per heavy atom. The first-order valence-corrected chi connectivity index (χ1v) is 11.3. The van der Waals surface area contributed by atoms with E-state index in [1.54, 1.807) is 37.4 Å². The average molecular weight is 498 g/mol. The summed E-state index contributed by atoms with van der Waals surface area (Å²) in [5.41, 5.74) is 2.99. The summed E-state index contributed by atoms with van der Waals surface area (Å²) in [7, 11) is 0. The number of nitrogens with zero attached hydrogens (tertiary/aromatic N) is 3. The maximum Gasteiger partial charge on any atom is 0.282 e. The average Bonchev–Trinajstić information content (AvgIpc) is 2.92. The molecule has 0 spiro atoms. The van der Waals surface area contributed by atoms with Crippen LogP contribution in [-0.2, 0) is 9.59 Å². The monoisotopic (exact) mass is 498 g/mol. The van der Waals surface area contributed by atoms with Crippen molar-refractivity contribution in [1.82, 2.24) is 4.98 Å². The Balaban J connectivity index is 1.48. The number of fused-ring (bicyclic) bond motifs is 3. The highest BCUT2D eigenvalue weighted by molar-refractivity contribution is 6.09. The molecule has 3 aromatic rings. The fourth-order valence-electron chi connectivity index (χ4n) is 4.54. The van der Waals surface area contributed by atoms with Crippen LogP contribution in [0.1, 0.15) is 30.5 Å². The predicted molar refractivity (Wildman–Crippen MR) is 128 cm³/mol. The summed E-state index contributed by atoms with van der Waals surface area (Å²) in [6.45, 7) is 0.484. The summed E-state index contributed by atoms with van der Waals surface area (Å²) < 4.78 is 52.7. The molecule has 1 atom stereocenters. The van der Waals surface area contributed by atoms with Gasteiger partial charge in [-0.3, -0.25) is 14.6 Å². The lowest BCUT2D eigenvalue weighted by atomic mass is 9.97. The minimum atomic E-state index is -2.77. The second-order valence-electron chi connectivity index (χ2n) is 8.97. The Labute approximate surface area is 204 Å². The molecule has 10 heteroatoms. The van der Waals surface area contributed by atoms with Gasteiger partial charge >= 0.3 is 0 Å². The molecular weight excluding hydrogens is 476 g/mol. The number of carbonyl (C=O) groups excluding carboxylic acids is 2. The van der Waals surface area contributed by atoms with Gasteiger partial charge < -0.3 is 15.1 Å². The molecule has 1 unspecified atom stereocenters. The quantitative estimate of drug-likeness (QED) is 0.490. The van der Waals surface area contributed by atoms with Gasteiger partial charge in [-0.15, -0.1) is 0 Å². The number of benzene rings is 2. The highest BCUT2D eigenvalue weighted by Gasteiger charge is 2.44. The van der Waals surface area contributed by atoms with Crippen molar-refractivity contribution in [2.75, 3.05) is 34.8 Å². The summed E-state index contributed by atoms with van der Waals surface area (Å²) in [5, 5.41) is 2.63. The van der Waals surface area contributed by atoms with Crippen molar-refractivity contribution in [3.8, 4) is 11.1 Å². The number of aromatic nitrogens is 1. The minimum Gasteiger partial charge on any atom is -0.359 e. The van der Waals surface area contributed by atoms with Crippen molar-refractivity contribution in [1.29, 1.82) is 0 Å². The number of nitrogens with one attached hydrogen (secondary N) is 1. The van der Waals surface area contributed by atoms with E-state index in [0.717, 1.165) is 5.56 Å². The summed E-state index contributed by atoms with van der Waals surface area (Å²) in [6.07, 6.45) is -1.04. The van der Waals surface area contributed by atoms with Gasteiger partial charge in [0.05, 0.1) is 30.4 Å². The van der Waals surface area contributed by atoms with Crippen LogP contribution < -0.4 is 15.1 Å². The zero-order chi connectivity index (χ0) is 25.6. The fraction of sp³-hybridized carbons (Fsp3) is 0.269. The summed E-state index contributed by atoms with van der Waals surface area (Å²) in [6, 6.07) is 13.8. The van der Waals surface area contributed by atoms with E-state index >= 15 is 0 Å². The summed E-state index contributed by atoms with van der Waals surface area (Å²) in [5.74, 6) is -4.34. The van der Waals surface area contributed by atoms with Gasteiger partial charge in [-0.1, -0.05) is 24.3 Å². The van der Waals surface area contributed by atoms with Crippen LogP contribution in [-0.4, -0.2) is 42.4 Å². The third kappa shape index (κ3) is 4.38. The normalized spacial score (nSPS) is 18.3. The van der Waals surface area contributed by atoms with E-state index in [2.05, 4.69) is 10.3 Å². The lowest BCUT2D eigenvalue weighted by molar-refractivity contribution is -0.122. The molecule has 36 heavy (non-hydrogen) atoms. The Kier molecular flexibility index (Phi) is 5.89. The molecular formula is C26H22F4N4O2. The maximum atomic E-state index is 13.5. The van der Waals surface area contributed by atoms with Crippen LogP contribution in [0.5, 0.6) is 0 Å². The zero-order valence-corrected chi connectivity index (χ0v) is 19.2. The third-order valence-electron chi connectivity index (χ3n) is 6.41. The molecule has 3 heterocycles. The standard InChI is InChI=1S/C26H22F4N4O2/c1-15-23-20(3-2-10-31-23)19-9-8-18(33-13-26(29,30)14-33)11-21(19)34(25(15)36)12-22(35)32-17-6-4-16(5-7-17)24(27)28/h2-11,15,24H,12-14H2,1H3,(H,32,35). The van der Waals surface area contributed by atoms with Gasteiger partial charge in [0.15, 0.2) is 0 Å². The van der Waals surface area contributed by atoms with Crippen LogP contribution >= 0.6 is 0 Å². The SMILES string of the molecule is CC1C(=O)N(CC(=O)Nc2ccc(C(F)F)cc2)c2cc(N3CC(F)(F)C3)ccc2-c2cccnc21. The lowest BCUT2D eigenvalue weighted by Crippen LogP contribution is -2.56. The second kappa shape index (κ2) is 8.92. The largest absolute Gasteiger partial charge is 0.359 e. The molecule has 1 aromatic heterocycles. The van der Waals surface area contributed by atoms with Crippen molar-refractivity contribution >= 4 is 28.9 Å². The molecule has 1 fully saturated rings. The number of amides is 2. The molecule has 5 rings (SSSR count). The van der Waals surface area contributed by atoms with Gasteiger partial charge in [0.1, 0.15) is 6.54 Å². The highest BCUT2D eigenvalue weighted by Crippen LogP contribution is 2.43. The Morgan fingerprint density at radius 3 is 2.50 bits per heavy atom. The van der Waals surface area contributed by atoms with Crippen molar-refractivity contribution in [2.45, 2.75) is 25.2 Å². The zero-order valence-electron chi connectivity index (χ0n) is 19.2. The Hall–Kier alpha value is -3.95. The summed E-state index contributed by atoms with van der Waals surface area (Å²) >= 11 is 0. The molecule has 186 valence electrons. The Bertz CT molecular complexity index is 1320. The molecule has 0 radical (unpaired) electrons. The van der Waals surface area contributed by atoms with E-state index in [4.69, 9.17) is 0 Å². The predicted octanol–water partition coefficient (Wildman–Crippen LogP) is 5.23. The molecule has 0 bridgehead atoms. The Morgan fingerprint density at radius 2 is 1.83 bits per heavy atom. The molecule has 2 aliphatic heterocycles. The first-order chi connectivity index (χ1) is 17.1. The van der Waals surface area contributed by atoms with Gasteiger partial charge in [0, 0.05) is 34.3 Å². The van der Waals surface area contributed by atoms with Crippen molar-refractivity contribution in [2.24, 2.45) is 0 Å². The van der Waals surface area contributed by atoms with Crippen LogP contribution in [0, 0.1) is 0 Å². The number of carbonyl (C=O) groups is 2. The molecule has 1 saturated heterocycles. The third-order valence-corrected chi connectivity index (χ3v) is 6.41. The van der Waals surface area contributed by atoms with Gasteiger partial charge in [0.25, 0.3) is 12.3 Å². The first-order valence-electron chi connectivity index (χ1n) is 11.3. The number of hydrogen-bond donors (Lipinski definition) is 1. The van der Waals surface area contributed by atoms with E-state index < -0.39 is 37.3 Å². The van der Waals surface area contributed by atoms with E-state index in [1.807, 2.05) is 6.07 Å². The topological polar surface area (TPSA) is 65.5 Å². The van der Waals surface area contributed by atoms with E-state index in [-0.39, 0.29) is 18.0 Å². The van der Waals surface area contributed by atoms with Crippen molar-refractivity contribution < 1.29 is 27.2 Å². The van der Waals surface area contributed by atoms with E-state index in [0.29, 0.717) is 28.3 Å². The number of alkyl halides is 4. The van der Waals surface area contributed by atoms with Crippen LogP contribution in [0.25, 0.3) is 11.1 Å². The molecule has 0 saturated carbocycles. The molecule has 2 aromatic carbocycles. The maximum absolute atomic E-state index is 13.5. The van der Waals surface area contributed by atoms with Crippen molar-refractivity contribution in [3.63, 3.8) is 0 Å². The highest BCUT2D eigenvalue weighted by atomic mass is 19.3. The lowest BCUT2D eigenvalue weighted by Gasteiger charge is -2.41. The molecule has 1 N–H and O–H groups in total. The number of halogens is 4. The van der Waals surface area contributed by atoms with Gasteiger partial charge in [0.2, 0.25) is 11.8 Å². The van der Waals surface area contributed by atoms with E-state index in [9.17, 15) is 27.2 Å². The van der Waals surface area contributed by atoms with Crippen LogP contribution in [0.4, 0.5) is 34.6 Å². The number of rotatable bonds is 5. The second-order valence-corrected chi connectivity index (χ2v) is 8.97. The molecule has 0 aliphatic carbocycles. The van der Waals surface area contributed by atoms with E-state index in [1.165, 1.54) is 34.1 Å². The first kappa shape index (κ1) is 23.8. The number of pyridine rings is 1.